The lowest BCUT2D eigenvalue weighted by molar-refractivity contribution is 1.07. The number of pyridine rings is 1. The number of aromatic nitrogens is 6. The Kier molecular flexibility index (Phi) is 3.43. The summed E-state index contributed by atoms with van der Waals surface area (Å²) < 4.78 is 0. The van der Waals surface area contributed by atoms with E-state index in [0.29, 0.717) is 17.3 Å². The van der Waals surface area contributed by atoms with E-state index < -0.39 is 0 Å². The molecule has 3 aromatic heterocycles. The van der Waals surface area contributed by atoms with Gasteiger partial charge in [-0.15, -0.1) is 0 Å². The van der Waals surface area contributed by atoms with Crippen LogP contribution in [0, 0.1) is 0 Å². The fourth-order valence-corrected chi connectivity index (χ4v) is 2.30. The molecule has 4 aromatic rings. The van der Waals surface area contributed by atoms with Crippen LogP contribution in [-0.4, -0.2) is 30.1 Å². The van der Waals surface area contributed by atoms with Gasteiger partial charge in [0.25, 0.3) is 0 Å². The molecule has 4 rings (SSSR count). The predicted octanol–water partition coefficient (Wildman–Crippen LogP) is 2.28. The Labute approximate surface area is 136 Å². The largest absolute Gasteiger partial charge is 0.344 e. The minimum atomic E-state index is -0.385. The summed E-state index contributed by atoms with van der Waals surface area (Å²) in [6.07, 6.45) is 4.76. The molecule has 0 saturated carbocycles. The van der Waals surface area contributed by atoms with E-state index in [2.05, 4.69) is 30.1 Å². The molecule has 0 amide bonds. The molecule has 0 atom stereocenters. The SMILES string of the molecule is O=c1ncc(-c2ccc(-c3n[nH]c(-c4ccccc4)n3)cn2)c[nH]1. The van der Waals surface area contributed by atoms with Crippen LogP contribution in [-0.2, 0) is 0 Å². The van der Waals surface area contributed by atoms with E-state index in [1.165, 1.54) is 6.20 Å². The lowest BCUT2D eigenvalue weighted by Gasteiger charge is -2.00. The molecule has 24 heavy (non-hydrogen) atoms. The summed E-state index contributed by atoms with van der Waals surface area (Å²) in [5.74, 6) is 1.28. The highest BCUT2D eigenvalue weighted by Gasteiger charge is 2.08. The maximum Gasteiger partial charge on any atom is 0.344 e. The molecule has 0 fully saturated rings. The van der Waals surface area contributed by atoms with Gasteiger partial charge in [-0.3, -0.25) is 10.1 Å². The van der Waals surface area contributed by atoms with Crippen LogP contribution in [0.4, 0.5) is 0 Å². The fraction of sp³-hybridized carbons (Fsp3) is 0. The number of nitrogens with one attached hydrogen (secondary N) is 2. The highest BCUT2D eigenvalue weighted by atomic mass is 16.1. The van der Waals surface area contributed by atoms with Crippen LogP contribution >= 0.6 is 0 Å². The summed E-state index contributed by atoms with van der Waals surface area (Å²) in [6, 6.07) is 13.5. The first-order chi connectivity index (χ1) is 11.8. The van der Waals surface area contributed by atoms with Crippen LogP contribution in [0.1, 0.15) is 0 Å². The Morgan fingerprint density at radius 3 is 2.38 bits per heavy atom. The summed E-state index contributed by atoms with van der Waals surface area (Å²) in [6.45, 7) is 0. The van der Waals surface area contributed by atoms with Crippen LogP contribution in [0.2, 0.25) is 0 Å². The number of benzene rings is 1. The summed E-state index contributed by atoms with van der Waals surface area (Å²) in [4.78, 5) is 26.1. The number of aromatic amines is 2. The molecule has 0 aliphatic carbocycles. The Bertz CT molecular complexity index is 1000. The first kappa shape index (κ1) is 14.0. The summed E-state index contributed by atoms with van der Waals surface area (Å²) in [5.41, 5.74) is 2.83. The third-order valence-corrected chi connectivity index (χ3v) is 3.52. The van der Waals surface area contributed by atoms with E-state index in [1.54, 1.807) is 12.4 Å². The molecule has 0 aliphatic rings. The van der Waals surface area contributed by atoms with Gasteiger partial charge >= 0.3 is 5.69 Å². The van der Waals surface area contributed by atoms with Gasteiger partial charge < -0.3 is 4.98 Å². The molecule has 3 heterocycles. The molecule has 0 aliphatic heterocycles. The minimum Gasteiger partial charge on any atom is -0.312 e. The quantitative estimate of drug-likeness (QED) is 0.604. The molecular formula is C17H12N6O. The Balaban J connectivity index is 1.62. The number of H-pyrrole nitrogens is 2. The molecule has 0 spiro atoms. The zero-order valence-corrected chi connectivity index (χ0v) is 12.5. The van der Waals surface area contributed by atoms with Crippen LogP contribution in [0.3, 0.4) is 0 Å². The van der Waals surface area contributed by atoms with Gasteiger partial charge in [-0.2, -0.15) is 5.10 Å². The summed E-state index contributed by atoms with van der Waals surface area (Å²) >= 11 is 0. The maximum atomic E-state index is 11.0. The fourth-order valence-electron chi connectivity index (χ4n) is 2.30. The van der Waals surface area contributed by atoms with Crippen molar-refractivity contribution in [3.8, 4) is 34.0 Å². The number of hydrogen-bond donors (Lipinski definition) is 2. The van der Waals surface area contributed by atoms with Crippen molar-refractivity contribution in [1.29, 1.82) is 0 Å². The third kappa shape index (κ3) is 2.70. The van der Waals surface area contributed by atoms with Gasteiger partial charge in [0.1, 0.15) is 0 Å². The van der Waals surface area contributed by atoms with Crippen molar-refractivity contribution >= 4 is 0 Å². The first-order valence-electron chi connectivity index (χ1n) is 7.29. The minimum absolute atomic E-state index is 0.385. The van der Waals surface area contributed by atoms with Crippen LogP contribution in [0.25, 0.3) is 34.0 Å². The van der Waals surface area contributed by atoms with Crippen LogP contribution in [0.15, 0.2) is 65.8 Å². The molecule has 2 N–H and O–H groups in total. The molecule has 116 valence electrons. The van der Waals surface area contributed by atoms with Crippen molar-refractivity contribution in [2.75, 3.05) is 0 Å². The van der Waals surface area contributed by atoms with E-state index in [-0.39, 0.29) is 5.69 Å². The van der Waals surface area contributed by atoms with Crippen molar-refractivity contribution in [3.63, 3.8) is 0 Å². The Hall–Kier alpha value is -3.61. The zero-order valence-electron chi connectivity index (χ0n) is 12.5. The zero-order chi connectivity index (χ0) is 16.4. The molecule has 7 heteroatoms. The van der Waals surface area contributed by atoms with Gasteiger partial charge in [0.2, 0.25) is 0 Å². The average Bonchev–Trinajstić information content (AvgIpc) is 3.13. The highest BCUT2D eigenvalue weighted by Crippen LogP contribution is 2.21. The van der Waals surface area contributed by atoms with Crippen LogP contribution in [0.5, 0.6) is 0 Å². The maximum absolute atomic E-state index is 11.0. The van der Waals surface area contributed by atoms with Gasteiger partial charge in [0.05, 0.1) is 5.69 Å². The smallest absolute Gasteiger partial charge is 0.312 e. The molecule has 7 nitrogen and oxygen atoms in total. The highest BCUT2D eigenvalue weighted by molar-refractivity contribution is 5.63. The van der Waals surface area contributed by atoms with Gasteiger partial charge in [-0.05, 0) is 12.1 Å². The normalized spacial score (nSPS) is 10.7. The van der Waals surface area contributed by atoms with Gasteiger partial charge in [-0.1, -0.05) is 30.3 Å². The number of nitrogens with zero attached hydrogens (tertiary/aromatic N) is 4. The number of rotatable bonds is 3. The van der Waals surface area contributed by atoms with E-state index in [4.69, 9.17) is 0 Å². The first-order valence-corrected chi connectivity index (χ1v) is 7.29. The standard InChI is InChI=1S/C17H12N6O/c24-17-19-9-13(10-20-17)14-7-6-12(8-18-14)16-21-15(22-23-16)11-4-2-1-3-5-11/h1-10H,(H,19,20,24)(H,21,22,23). The van der Waals surface area contributed by atoms with Gasteiger partial charge in [0.15, 0.2) is 11.6 Å². The molecule has 0 saturated heterocycles. The lowest BCUT2D eigenvalue weighted by atomic mass is 10.2. The Morgan fingerprint density at radius 2 is 1.67 bits per heavy atom. The number of hydrogen-bond acceptors (Lipinski definition) is 5. The second-order valence-corrected chi connectivity index (χ2v) is 5.11. The molecule has 1 aromatic carbocycles. The third-order valence-electron chi connectivity index (χ3n) is 3.52. The van der Waals surface area contributed by atoms with E-state index in [1.807, 2.05) is 42.5 Å². The summed E-state index contributed by atoms with van der Waals surface area (Å²) in [7, 11) is 0. The van der Waals surface area contributed by atoms with E-state index >= 15 is 0 Å². The van der Waals surface area contributed by atoms with E-state index in [9.17, 15) is 4.79 Å². The monoisotopic (exact) mass is 316 g/mol. The molecule has 0 radical (unpaired) electrons. The average molecular weight is 316 g/mol. The van der Waals surface area contributed by atoms with Crippen LogP contribution < -0.4 is 5.69 Å². The molecule has 0 bridgehead atoms. The predicted molar refractivity (Wildman–Crippen MR) is 88.9 cm³/mol. The van der Waals surface area contributed by atoms with Crippen molar-refractivity contribution < 1.29 is 0 Å². The second kappa shape index (κ2) is 5.88. The van der Waals surface area contributed by atoms with Gasteiger partial charge in [0, 0.05) is 35.3 Å². The topological polar surface area (TPSA) is 100 Å². The molecular weight excluding hydrogens is 304 g/mol. The lowest BCUT2D eigenvalue weighted by Crippen LogP contribution is -2.08. The van der Waals surface area contributed by atoms with Crippen molar-refractivity contribution in [2.24, 2.45) is 0 Å². The second-order valence-electron chi connectivity index (χ2n) is 5.11. The summed E-state index contributed by atoms with van der Waals surface area (Å²) in [5, 5.41) is 7.18. The van der Waals surface area contributed by atoms with Crippen molar-refractivity contribution in [1.82, 2.24) is 30.1 Å². The van der Waals surface area contributed by atoms with Gasteiger partial charge in [-0.25, -0.2) is 14.8 Å². The molecule has 0 unspecified atom stereocenters. The van der Waals surface area contributed by atoms with Crippen molar-refractivity contribution in [2.45, 2.75) is 0 Å². The Morgan fingerprint density at radius 1 is 0.833 bits per heavy atom. The van der Waals surface area contributed by atoms with Crippen molar-refractivity contribution in [3.05, 3.63) is 71.5 Å². The van der Waals surface area contributed by atoms with E-state index in [0.717, 1.165) is 16.7 Å².